The predicted octanol–water partition coefficient (Wildman–Crippen LogP) is 1.05. The zero-order valence-electron chi connectivity index (χ0n) is 10.8. The molecule has 1 unspecified atom stereocenters. The Morgan fingerprint density at radius 3 is 2.31 bits per heavy atom. The van der Waals surface area contributed by atoms with E-state index in [-0.39, 0.29) is 6.29 Å². The van der Waals surface area contributed by atoms with Crippen molar-refractivity contribution >= 4 is 0 Å². The zero-order valence-corrected chi connectivity index (χ0v) is 10.8. The van der Waals surface area contributed by atoms with Crippen LogP contribution in [0.25, 0.3) is 0 Å². The summed E-state index contributed by atoms with van der Waals surface area (Å²) in [6.45, 7) is 1.81. The summed E-state index contributed by atoms with van der Waals surface area (Å²) in [6.07, 6.45) is 4.84. The number of likely N-dealkylation sites (N-methyl/N-ethyl adjacent to an activating group) is 1. The Hall–Kier alpha value is -0.160. The van der Waals surface area contributed by atoms with Crippen LogP contribution < -0.4 is 5.73 Å². The van der Waals surface area contributed by atoms with E-state index in [1.165, 1.54) is 19.3 Å². The maximum Gasteiger partial charge on any atom is 0.158 e. The molecule has 1 rings (SSSR count). The fraction of sp³-hybridized carbons (Fsp3) is 1.00. The number of nitrogens with zero attached hydrogens (tertiary/aromatic N) is 1. The van der Waals surface area contributed by atoms with E-state index in [1.54, 1.807) is 14.2 Å². The second-order valence-corrected chi connectivity index (χ2v) is 4.76. The van der Waals surface area contributed by atoms with Crippen molar-refractivity contribution in [2.24, 2.45) is 11.7 Å². The standard InChI is InChI=1S/C12H26N2O2/c1-14(9-10-5-4-6-10)11(8-13)7-12(15-2)16-3/h10-12H,4-9,13H2,1-3H3. The van der Waals surface area contributed by atoms with Crippen molar-refractivity contribution in [3.05, 3.63) is 0 Å². The predicted molar refractivity (Wildman–Crippen MR) is 65.2 cm³/mol. The smallest absolute Gasteiger partial charge is 0.158 e. The van der Waals surface area contributed by atoms with Gasteiger partial charge < -0.3 is 20.1 Å². The first-order valence-corrected chi connectivity index (χ1v) is 6.17. The van der Waals surface area contributed by atoms with Crippen molar-refractivity contribution in [3.8, 4) is 0 Å². The van der Waals surface area contributed by atoms with Crippen molar-refractivity contribution < 1.29 is 9.47 Å². The van der Waals surface area contributed by atoms with E-state index in [0.29, 0.717) is 12.6 Å². The van der Waals surface area contributed by atoms with Crippen LogP contribution in [-0.2, 0) is 9.47 Å². The molecule has 1 aliphatic carbocycles. The second kappa shape index (κ2) is 7.22. The average molecular weight is 230 g/mol. The van der Waals surface area contributed by atoms with Gasteiger partial charge >= 0.3 is 0 Å². The molecule has 2 N–H and O–H groups in total. The molecule has 0 radical (unpaired) electrons. The SMILES string of the molecule is COC(CC(CN)N(C)CC1CCC1)OC. The van der Waals surface area contributed by atoms with Gasteiger partial charge in [0.2, 0.25) is 0 Å². The van der Waals surface area contributed by atoms with E-state index < -0.39 is 0 Å². The van der Waals surface area contributed by atoms with Crippen LogP contribution in [-0.4, -0.2) is 51.6 Å². The molecule has 16 heavy (non-hydrogen) atoms. The maximum atomic E-state index is 5.81. The lowest BCUT2D eigenvalue weighted by Gasteiger charge is -2.35. The Balaban J connectivity index is 2.32. The molecule has 0 aromatic carbocycles. The lowest BCUT2D eigenvalue weighted by Crippen LogP contribution is -2.44. The molecule has 0 bridgehead atoms. The van der Waals surface area contributed by atoms with E-state index in [1.807, 2.05) is 0 Å². The minimum absolute atomic E-state index is 0.141. The normalized spacial score (nSPS) is 19.1. The van der Waals surface area contributed by atoms with E-state index in [2.05, 4.69) is 11.9 Å². The highest BCUT2D eigenvalue weighted by Crippen LogP contribution is 2.27. The molecule has 1 aliphatic rings. The molecule has 0 amide bonds. The summed E-state index contributed by atoms with van der Waals surface area (Å²) < 4.78 is 10.4. The van der Waals surface area contributed by atoms with Gasteiger partial charge in [-0.1, -0.05) is 6.42 Å². The van der Waals surface area contributed by atoms with Crippen LogP contribution in [0.3, 0.4) is 0 Å². The van der Waals surface area contributed by atoms with Gasteiger partial charge in [0, 0.05) is 39.8 Å². The van der Waals surface area contributed by atoms with Crippen molar-refractivity contribution in [2.75, 3.05) is 34.4 Å². The molecule has 1 fully saturated rings. The first-order valence-electron chi connectivity index (χ1n) is 6.17. The zero-order chi connectivity index (χ0) is 12.0. The Labute approximate surface area is 99.1 Å². The molecule has 1 atom stereocenters. The molecule has 0 aliphatic heterocycles. The van der Waals surface area contributed by atoms with Gasteiger partial charge in [0.15, 0.2) is 6.29 Å². The van der Waals surface area contributed by atoms with Crippen LogP contribution in [0.2, 0.25) is 0 Å². The molecule has 4 nitrogen and oxygen atoms in total. The van der Waals surface area contributed by atoms with E-state index in [0.717, 1.165) is 18.9 Å². The minimum atomic E-state index is -0.141. The maximum absolute atomic E-state index is 5.81. The fourth-order valence-electron chi connectivity index (χ4n) is 2.20. The van der Waals surface area contributed by atoms with Gasteiger partial charge in [-0.05, 0) is 25.8 Å². The van der Waals surface area contributed by atoms with Crippen LogP contribution in [0, 0.1) is 5.92 Å². The molecule has 96 valence electrons. The minimum Gasteiger partial charge on any atom is -0.356 e. The van der Waals surface area contributed by atoms with Crippen LogP contribution in [0.5, 0.6) is 0 Å². The summed E-state index contributed by atoms with van der Waals surface area (Å²) in [5, 5.41) is 0. The Kier molecular flexibility index (Phi) is 6.28. The van der Waals surface area contributed by atoms with Gasteiger partial charge in [-0.3, -0.25) is 0 Å². The third-order valence-electron chi connectivity index (χ3n) is 3.66. The molecule has 0 aromatic heterocycles. The van der Waals surface area contributed by atoms with Crippen LogP contribution in [0.15, 0.2) is 0 Å². The molecule has 0 saturated heterocycles. The summed E-state index contributed by atoms with van der Waals surface area (Å²) in [7, 11) is 5.50. The average Bonchev–Trinajstić information content (AvgIpc) is 2.25. The molecule has 0 aromatic rings. The molecular formula is C12H26N2O2. The van der Waals surface area contributed by atoms with Crippen molar-refractivity contribution in [1.29, 1.82) is 0 Å². The summed E-state index contributed by atoms with van der Waals surface area (Å²) in [6, 6.07) is 0.352. The number of hydrogen-bond donors (Lipinski definition) is 1. The number of nitrogens with two attached hydrogens (primary N) is 1. The topological polar surface area (TPSA) is 47.7 Å². The van der Waals surface area contributed by atoms with E-state index in [4.69, 9.17) is 15.2 Å². The van der Waals surface area contributed by atoms with E-state index in [9.17, 15) is 0 Å². The Morgan fingerprint density at radius 2 is 1.94 bits per heavy atom. The second-order valence-electron chi connectivity index (χ2n) is 4.76. The third-order valence-corrected chi connectivity index (χ3v) is 3.66. The number of rotatable bonds is 8. The van der Waals surface area contributed by atoms with Crippen LogP contribution >= 0.6 is 0 Å². The lowest BCUT2D eigenvalue weighted by molar-refractivity contribution is -0.116. The fourth-order valence-corrected chi connectivity index (χ4v) is 2.20. The number of ether oxygens (including phenoxy) is 2. The largest absolute Gasteiger partial charge is 0.356 e. The highest BCUT2D eigenvalue weighted by Gasteiger charge is 2.24. The Bertz CT molecular complexity index is 182. The quantitative estimate of drug-likeness (QED) is 0.633. The summed E-state index contributed by atoms with van der Waals surface area (Å²) in [5.74, 6) is 0.877. The van der Waals surface area contributed by atoms with Gasteiger partial charge in [-0.15, -0.1) is 0 Å². The van der Waals surface area contributed by atoms with Gasteiger partial charge in [0.05, 0.1) is 0 Å². The monoisotopic (exact) mass is 230 g/mol. The van der Waals surface area contributed by atoms with Crippen molar-refractivity contribution in [2.45, 2.75) is 38.0 Å². The highest BCUT2D eigenvalue weighted by molar-refractivity contribution is 4.77. The molecular weight excluding hydrogens is 204 g/mol. The molecule has 0 spiro atoms. The Morgan fingerprint density at radius 1 is 1.31 bits per heavy atom. The summed E-state index contributed by atoms with van der Waals surface area (Å²) >= 11 is 0. The number of hydrogen-bond acceptors (Lipinski definition) is 4. The van der Waals surface area contributed by atoms with Gasteiger partial charge in [0.25, 0.3) is 0 Å². The van der Waals surface area contributed by atoms with Crippen LogP contribution in [0.4, 0.5) is 0 Å². The molecule has 0 heterocycles. The highest BCUT2D eigenvalue weighted by atomic mass is 16.7. The third kappa shape index (κ3) is 4.01. The van der Waals surface area contributed by atoms with Gasteiger partial charge in [0.1, 0.15) is 0 Å². The van der Waals surface area contributed by atoms with Gasteiger partial charge in [-0.2, -0.15) is 0 Å². The van der Waals surface area contributed by atoms with Crippen molar-refractivity contribution in [3.63, 3.8) is 0 Å². The lowest BCUT2D eigenvalue weighted by atomic mass is 9.85. The number of methoxy groups -OCH3 is 2. The van der Waals surface area contributed by atoms with Crippen LogP contribution in [0.1, 0.15) is 25.7 Å². The molecule has 4 heteroatoms. The molecule has 1 saturated carbocycles. The first-order chi connectivity index (χ1) is 7.71. The summed E-state index contributed by atoms with van der Waals surface area (Å²) in [4.78, 5) is 2.36. The first kappa shape index (κ1) is 13.9. The summed E-state index contributed by atoms with van der Waals surface area (Å²) in [5.41, 5.74) is 5.81. The van der Waals surface area contributed by atoms with E-state index >= 15 is 0 Å². The van der Waals surface area contributed by atoms with Gasteiger partial charge in [-0.25, -0.2) is 0 Å². The van der Waals surface area contributed by atoms with Crippen molar-refractivity contribution in [1.82, 2.24) is 4.90 Å².